The summed E-state index contributed by atoms with van der Waals surface area (Å²) >= 11 is 0. The SMILES string of the molecule is COc1ccc(CNC(=O)O)cn1. The Balaban J connectivity index is 2.54. The molecule has 1 heterocycles. The highest BCUT2D eigenvalue weighted by Crippen LogP contribution is 2.05. The van der Waals surface area contributed by atoms with Gasteiger partial charge in [0, 0.05) is 18.8 Å². The number of ether oxygens (including phenoxy) is 1. The number of hydrogen-bond acceptors (Lipinski definition) is 3. The molecular formula is C8H10N2O3. The molecule has 13 heavy (non-hydrogen) atoms. The summed E-state index contributed by atoms with van der Waals surface area (Å²) in [5.41, 5.74) is 0.795. The molecule has 0 spiro atoms. The Kier molecular flexibility index (Phi) is 3.08. The van der Waals surface area contributed by atoms with E-state index in [9.17, 15) is 4.79 Å². The topological polar surface area (TPSA) is 71.5 Å². The first kappa shape index (κ1) is 9.31. The Morgan fingerprint density at radius 2 is 2.46 bits per heavy atom. The van der Waals surface area contributed by atoms with Crippen LogP contribution in [0.25, 0.3) is 0 Å². The third kappa shape index (κ3) is 2.98. The van der Waals surface area contributed by atoms with Gasteiger partial charge in [0.2, 0.25) is 5.88 Å². The summed E-state index contributed by atoms with van der Waals surface area (Å²) in [6, 6.07) is 3.43. The fourth-order valence-corrected chi connectivity index (χ4v) is 0.814. The van der Waals surface area contributed by atoms with E-state index in [0.717, 1.165) is 5.56 Å². The Hall–Kier alpha value is -1.78. The van der Waals surface area contributed by atoms with Crippen LogP contribution in [0.4, 0.5) is 4.79 Å². The van der Waals surface area contributed by atoms with Crippen LogP contribution in [0.1, 0.15) is 5.56 Å². The van der Waals surface area contributed by atoms with Crippen LogP contribution < -0.4 is 10.1 Å². The number of carboxylic acid groups (broad SMARTS) is 1. The van der Waals surface area contributed by atoms with Crippen molar-refractivity contribution in [1.82, 2.24) is 10.3 Å². The van der Waals surface area contributed by atoms with E-state index in [4.69, 9.17) is 9.84 Å². The van der Waals surface area contributed by atoms with Crippen molar-refractivity contribution in [2.75, 3.05) is 7.11 Å². The highest BCUT2D eigenvalue weighted by atomic mass is 16.5. The first-order valence-corrected chi connectivity index (χ1v) is 3.68. The van der Waals surface area contributed by atoms with Gasteiger partial charge in [-0.2, -0.15) is 0 Å². The number of nitrogens with one attached hydrogen (secondary N) is 1. The Morgan fingerprint density at radius 1 is 1.69 bits per heavy atom. The minimum absolute atomic E-state index is 0.256. The largest absolute Gasteiger partial charge is 0.481 e. The van der Waals surface area contributed by atoms with E-state index >= 15 is 0 Å². The van der Waals surface area contributed by atoms with Crippen LogP contribution in [-0.2, 0) is 6.54 Å². The van der Waals surface area contributed by atoms with E-state index < -0.39 is 6.09 Å². The zero-order valence-corrected chi connectivity index (χ0v) is 7.15. The van der Waals surface area contributed by atoms with Crippen LogP contribution in [0.2, 0.25) is 0 Å². The van der Waals surface area contributed by atoms with Gasteiger partial charge < -0.3 is 15.2 Å². The molecular weight excluding hydrogens is 172 g/mol. The van der Waals surface area contributed by atoms with Crippen molar-refractivity contribution >= 4 is 6.09 Å². The first-order valence-electron chi connectivity index (χ1n) is 3.68. The van der Waals surface area contributed by atoms with Crippen LogP contribution in [0, 0.1) is 0 Å². The van der Waals surface area contributed by atoms with Crippen molar-refractivity contribution < 1.29 is 14.6 Å². The van der Waals surface area contributed by atoms with Crippen LogP contribution in [0.3, 0.4) is 0 Å². The number of methoxy groups -OCH3 is 1. The molecule has 5 heteroatoms. The lowest BCUT2D eigenvalue weighted by Crippen LogP contribution is -2.19. The quantitative estimate of drug-likeness (QED) is 0.727. The predicted octanol–water partition coefficient (Wildman–Crippen LogP) is 0.858. The monoisotopic (exact) mass is 182 g/mol. The smallest absolute Gasteiger partial charge is 0.404 e. The van der Waals surface area contributed by atoms with Gasteiger partial charge in [-0.25, -0.2) is 9.78 Å². The number of amides is 1. The zero-order chi connectivity index (χ0) is 9.68. The maximum Gasteiger partial charge on any atom is 0.404 e. The molecule has 0 saturated carbocycles. The van der Waals surface area contributed by atoms with Crippen molar-refractivity contribution in [3.8, 4) is 5.88 Å². The molecule has 0 aliphatic rings. The lowest BCUT2D eigenvalue weighted by Gasteiger charge is -2.01. The van der Waals surface area contributed by atoms with E-state index in [2.05, 4.69) is 10.3 Å². The van der Waals surface area contributed by atoms with Crippen LogP contribution in [0.5, 0.6) is 5.88 Å². The second kappa shape index (κ2) is 4.30. The van der Waals surface area contributed by atoms with E-state index in [1.165, 1.54) is 7.11 Å². The number of nitrogens with zero attached hydrogens (tertiary/aromatic N) is 1. The lowest BCUT2D eigenvalue weighted by atomic mass is 10.3. The highest BCUT2D eigenvalue weighted by molar-refractivity contribution is 5.64. The number of pyridine rings is 1. The number of aromatic nitrogens is 1. The average Bonchev–Trinajstić information content (AvgIpc) is 2.15. The molecule has 0 aliphatic carbocycles. The standard InChI is InChI=1S/C8H10N2O3/c1-13-7-3-2-6(4-9-7)5-10-8(11)12/h2-4,10H,5H2,1H3,(H,11,12). The maximum absolute atomic E-state index is 10.1. The molecule has 0 radical (unpaired) electrons. The molecule has 1 rings (SSSR count). The van der Waals surface area contributed by atoms with Gasteiger partial charge in [0.25, 0.3) is 0 Å². The molecule has 0 fully saturated rings. The molecule has 0 aliphatic heterocycles. The summed E-state index contributed by atoms with van der Waals surface area (Å²) < 4.78 is 4.85. The van der Waals surface area contributed by atoms with Crippen LogP contribution >= 0.6 is 0 Å². The third-order valence-electron chi connectivity index (χ3n) is 1.45. The van der Waals surface area contributed by atoms with Gasteiger partial charge in [-0.3, -0.25) is 0 Å². The molecule has 1 aromatic heterocycles. The van der Waals surface area contributed by atoms with Gasteiger partial charge in [-0.15, -0.1) is 0 Å². The summed E-state index contributed by atoms with van der Waals surface area (Å²) in [6.45, 7) is 0.256. The van der Waals surface area contributed by atoms with Crippen molar-refractivity contribution in [1.29, 1.82) is 0 Å². The molecule has 0 bridgehead atoms. The Bertz CT molecular complexity index is 284. The van der Waals surface area contributed by atoms with Crippen molar-refractivity contribution in [3.05, 3.63) is 23.9 Å². The molecule has 2 N–H and O–H groups in total. The minimum Gasteiger partial charge on any atom is -0.481 e. The minimum atomic E-state index is -1.05. The van der Waals surface area contributed by atoms with Gasteiger partial charge in [0.1, 0.15) is 0 Å². The summed E-state index contributed by atoms with van der Waals surface area (Å²) in [7, 11) is 1.53. The molecule has 0 saturated heterocycles. The molecule has 1 aromatic rings. The van der Waals surface area contributed by atoms with Gasteiger partial charge in [0.15, 0.2) is 0 Å². The normalized spacial score (nSPS) is 9.31. The molecule has 0 atom stereocenters. The molecule has 0 unspecified atom stereocenters. The molecule has 70 valence electrons. The predicted molar refractivity (Wildman–Crippen MR) is 45.7 cm³/mol. The Labute approximate surface area is 75.4 Å². The third-order valence-corrected chi connectivity index (χ3v) is 1.45. The average molecular weight is 182 g/mol. The van der Waals surface area contributed by atoms with E-state index in [-0.39, 0.29) is 6.54 Å². The van der Waals surface area contributed by atoms with E-state index in [1.54, 1.807) is 18.3 Å². The van der Waals surface area contributed by atoms with Crippen molar-refractivity contribution in [3.63, 3.8) is 0 Å². The van der Waals surface area contributed by atoms with Crippen LogP contribution in [-0.4, -0.2) is 23.3 Å². The fourth-order valence-electron chi connectivity index (χ4n) is 0.814. The highest BCUT2D eigenvalue weighted by Gasteiger charge is 1.97. The van der Waals surface area contributed by atoms with Crippen molar-refractivity contribution in [2.24, 2.45) is 0 Å². The first-order chi connectivity index (χ1) is 6.22. The van der Waals surface area contributed by atoms with Crippen LogP contribution in [0.15, 0.2) is 18.3 Å². The lowest BCUT2D eigenvalue weighted by molar-refractivity contribution is 0.194. The van der Waals surface area contributed by atoms with E-state index in [0.29, 0.717) is 5.88 Å². The summed E-state index contributed by atoms with van der Waals surface area (Å²) in [5, 5.41) is 10.6. The molecule has 0 aromatic carbocycles. The van der Waals surface area contributed by atoms with Gasteiger partial charge in [-0.05, 0) is 5.56 Å². The van der Waals surface area contributed by atoms with Gasteiger partial charge >= 0.3 is 6.09 Å². The summed E-state index contributed by atoms with van der Waals surface area (Å²) in [6.07, 6.45) is 0.519. The summed E-state index contributed by atoms with van der Waals surface area (Å²) in [4.78, 5) is 14.1. The van der Waals surface area contributed by atoms with Crippen molar-refractivity contribution in [2.45, 2.75) is 6.54 Å². The number of rotatable bonds is 3. The maximum atomic E-state index is 10.1. The Morgan fingerprint density at radius 3 is 2.92 bits per heavy atom. The summed E-state index contributed by atoms with van der Waals surface area (Å²) in [5.74, 6) is 0.513. The second-order valence-corrected chi connectivity index (χ2v) is 2.37. The van der Waals surface area contributed by atoms with Gasteiger partial charge in [-0.1, -0.05) is 6.07 Å². The fraction of sp³-hybridized carbons (Fsp3) is 0.250. The number of hydrogen-bond donors (Lipinski definition) is 2. The second-order valence-electron chi connectivity index (χ2n) is 2.37. The van der Waals surface area contributed by atoms with E-state index in [1.807, 2.05) is 0 Å². The molecule has 5 nitrogen and oxygen atoms in total. The zero-order valence-electron chi connectivity index (χ0n) is 7.15. The molecule has 1 amide bonds. The number of carbonyl (C=O) groups is 1. The van der Waals surface area contributed by atoms with Gasteiger partial charge in [0.05, 0.1) is 7.11 Å².